The molecule has 1 N–H and O–H groups in total. The molecule has 3 aromatic carbocycles. The highest BCUT2D eigenvalue weighted by Crippen LogP contribution is 2.46. The van der Waals surface area contributed by atoms with Crippen molar-refractivity contribution in [1.82, 2.24) is 0 Å². The van der Waals surface area contributed by atoms with E-state index < -0.39 is 33.1 Å². The lowest BCUT2D eigenvalue weighted by molar-refractivity contribution is -0.138. The largest absolute Gasteiger partial charge is 0.481 e. The lowest BCUT2D eigenvalue weighted by Gasteiger charge is -2.23. The molecule has 2 aliphatic rings. The second-order valence-corrected chi connectivity index (χ2v) is 12.3. The summed E-state index contributed by atoms with van der Waals surface area (Å²) < 4.78 is 67.9. The molecule has 5 nitrogen and oxygen atoms in total. The first-order valence-electron chi connectivity index (χ1n) is 12.0. The second-order valence-electron chi connectivity index (χ2n) is 10.4. The number of carboxylic acids is 1. The summed E-state index contributed by atoms with van der Waals surface area (Å²) in [5, 5.41) is 9.25. The van der Waals surface area contributed by atoms with Crippen LogP contribution in [0.2, 0.25) is 0 Å². The van der Waals surface area contributed by atoms with Crippen LogP contribution in [0.25, 0.3) is 11.1 Å². The quantitative estimate of drug-likeness (QED) is 0.417. The zero-order valence-corrected chi connectivity index (χ0v) is 21.2. The Kier molecular flexibility index (Phi) is 5.90. The number of nitrogens with zero attached hydrogens (tertiary/aromatic N) is 1. The van der Waals surface area contributed by atoms with Crippen molar-refractivity contribution in [2.45, 2.75) is 55.5 Å². The fourth-order valence-electron chi connectivity index (χ4n) is 5.45. The van der Waals surface area contributed by atoms with Crippen molar-refractivity contribution < 1.29 is 31.5 Å². The molecule has 0 spiro atoms. The van der Waals surface area contributed by atoms with Gasteiger partial charge in [-0.3, -0.25) is 9.10 Å². The highest BCUT2D eigenvalue weighted by atomic mass is 32.2. The smallest absolute Gasteiger partial charge is 0.416 e. The second kappa shape index (κ2) is 8.62. The molecule has 0 fully saturated rings. The highest BCUT2D eigenvalue weighted by molar-refractivity contribution is 7.92. The van der Waals surface area contributed by atoms with E-state index in [1.54, 1.807) is 30.3 Å². The molecule has 0 saturated heterocycles. The first kappa shape index (κ1) is 25.3. The molecule has 0 aromatic heterocycles. The molecule has 194 valence electrons. The van der Waals surface area contributed by atoms with Gasteiger partial charge in [0, 0.05) is 12.0 Å². The van der Waals surface area contributed by atoms with Crippen molar-refractivity contribution in [3.63, 3.8) is 0 Å². The average molecular weight is 530 g/mol. The summed E-state index contributed by atoms with van der Waals surface area (Å²) in [4.78, 5) is 11.4. The number of aliphatic carboxylic acids is 1. The predicted octanol–water partition coefficient (Wildman–Crippen LogP) is 6.36. The van der Waals surface area contributed by atoms with Crippen molar-refractivity contribution in [3.8, 4) is 11.1 Å². The topological polar surface area (TPSA) is 74.7 Å². The van der Waals surface area contributed by atoms with Gasteiger partial charge in [-0.1, -0.05) is 38.1 Å². The number of hydrogen-bond acceptors (Lipinski definition) is 3. The summed E-state index contributed by atoms with van der Waals surface area (Å²) in [5.41, 5.74) is 3.13. The first-order chi connectivity index (χ1) is 17.3. The number of anilines is 1. The predicted molar refractivity (Wildman–Crippen MR) is 134 cm³/mol. The number of hydrogen-bond donors (Lipinski definition) is 1. The molecule has 37 heavy (non-hydrogen) atoms. The van der Waals surface area contributed by atoms with Gasteiger partial charge >= 0.3 is 12.1 Å². The Hall–Kier alpha value is -3.33. The summed E-state index contributed by atoms with van der Waals surface area (Å²) in [6.07, 6.45) is -3.06. The minimum absolute atomic E-state index is 0.0389. The summed E-state index contributed by atoms with van der Waals surface area (Å²) in [7, 11) is -3.94. The Bertz CT molecular complexity index is 1490. The maximum Gasteiger partial charge on any atom is 0.416 e. The van der Waals surface area contributed by atoms with Crippen LogP contribution in [0.4, 0.5) is 18.9 Å². The molecule has 1 aliphatic carbocycles. The number of carbonyl (C=O) groups is 1. The monoisotopic (exact) mass is 529 g/mol. The molecule has 9 heteroatoms. The van der Waals surface area contributed by atoms with E-state index in [-0.39, 0.29) is 23.8 Å². The van der Waals surface area contributed by atoms with Crippen molar-refractivity contribution in [2.75, 3.05) is 10.8 Å². The summed E-state index contributed by atoms with van der Waals surface area (Å²) in [6, 6.07) is 15.2. The van der Waals surface area contributed by atoms with Crippen LogP contribution in [0.1, 0.15) is 54.9 Å². The summed E-state index contributed by atoms with van der Waals surface area (Å²) in [5.74, 6) is -1.12. The third-order valence-electron chi connectivity index (χ3n) is 7.41. The molecule has 3 aromatic rings. The maximum atomic E-state index is 13.8. The van der Waals surface area contributed by atoms with Crippen molar-refractivity contribution in [2.24, 2.45) is 0 Å². The summed E-state index contributed by atoms with van der Waals surface area (Å²) >= 11 is 0. The van der Waals surface area contributed by atoms with Gasteiger partial charge in [0.15, 0.2) is 0 Å². The van der Waals surface area contributed by atoms with Crippen molar-refractivity contribution in [3.05, 3.63) is 82.9 Å². The summed E-state index contributed by atoms with van der Waals surface area (Å²) in [6.45, 7) is 4.07. The fourth-order valence-corrected chi connectivity index (χ4v) is 7.13. The minimum Gasteiger partial charge on any atom is -0.481 e. The number of carboxylic acid groups (broad SMARTS) is 1. The van der Waals surface area contributed by atoms with Crippen molar-refractivity contribution >= 4 is 21.7 Å². The molecule has 0 radical (unpaired) electrons. The van der Waals surface area contributed by atoms with Crippen LogP contribution in [0, 0.1) is 0 Å². The molecule has 1 heterocycles. The molecule has 0 amide bonds. The molecule has 0 bridgehead atoms. The highest BCUT2D eigenvalue weighted by Gasteiger charge is 2.42. The van der Waals surface area contributed by atoms with Gasteiger partial charge in [-0.15, -0.1) is 0 Å². The third-order valence-corrected chi connectivity index (χ3v) is 9.16. The zero-order valence-electron chi connectivity index (χ0n) is 20.3. The van der Waals surface area contributed by atoms with E-state index in [9.17, 15) is 31.5 Å². The van der Waals surface area contributed by atoms with Crippen LogP contribution in [-0.2, 0) is 32.8 Å². The van der Waals surface area contributed by atoms with E-state index in [1.165, 1.54) is 16.4 Å². The van der Waals surface area contributed by atoms with Gasteiger partial charge in [-0.05, 0) is 83.0 Å². The number of benzene rings is 3. The third kappa shape index (κ3) is 4.50. The van der Waals surface area contributed by atoms with E-state index in [0.29, 0.717) is 23.2 Å². The Morgan fingerprint density at radius 1 is 1.03 bits per heavy atom. The van der Waals surface area contributed by atoms with Gasteiger partial charge < -0.3 is 5.11 Å². The van der Waals surface area contributed by atoms with Crippen LogP contribution >= 0.6 is 0 Å². The lowest BCUT2D eigenvalue weighted by Crippen LogP contribution is -2.34. The average Bonchev–Trinajstić information content (AvgIpc) is 3.35. The number of rotatable bonds is 5. The number of alkyl halides is 3. The van der Waals surface area contributed by atoms with E-state index in [4.69, 9.17) is 0 Å². The maximum absolute atomic E-state index is 13.8. The van der Waals surface area contributed by atoms with Crippen molar-refractivity contribution in [1.29, 1.82) is 0 Å². The van der Waals surface area contributed by atoms with Gasteiger partial charge in [0.2, 0.25) is 0 Å². The van der Waals surface area contributed by atoms with Crippen LogP contribution in [0.15, 0.2) is 65.6 Å². The van der Waals surface area contributed by atoms with E-state index >= 15 is 0 Å². The zero-order chi connectivity index (χ0) is 26.8. The van der Waals surface area contributed by atoms with Gasteiger partial charge in [0.25, 0.3) is 10.0 Å². The Labute approximate surface area is 213 Å². The molecule has 1 unspecified atom stereocenters. The van der Waals surface area contributed by atoms with Gasteiger partial charge in [0.1, 0.15) is 0 Å². The number of halogens is 3. The van der Waals surface area contributed by atoms with E-state index in [0.717, 1.165) is 35.2 Å². The SMILES string of the molecule is CC1(C)CN(S(=O)(=O)c2ccc3c(c2)C(CC(=O)O)CC3)c2ccc(-c3ccc(C(F)(F)F)cc3)cc21. The van der Waals surface area contributed by atoms with Crippen LogP contribution in [-0.4, -0.2) is 26.0 Å². The Morgan fingerprint density at radius 2 is 1.70 bits per heavy atom. The number of aryl methyl sites for hydroxylation is 1. The van der Waals surface area contributed by atoms with Crippen LogP contribution in [0.3, 0.4) is 0 Å². The van der Waals surface area contributed by atoms with Gasteiger partial charge in [-0.25, -0.2) is 8.42 Å². The Balaban J connectivity index is 1.50. The molecule has 1 aliphatic heterocycles. The number of sulfonamides is 1. The number of fused-ring (bicyclic) bond motifs is 2. The molecule has 1 atom stereocenters. The van der Waals surface area contributed by atoms with Crippen LogP contribution in [0.5, 0.6) is 0 Å². The first-order valence-corrected chi connectivity index (χ1v) is 13.4. The molecule has 5 rings (SSSR count). The van der Waals surface area contributed by atoms with Gasteiger partial charge in [0.05, 0.1) is 22.6 Å². The molecule has 0 saturated carbocycles. The van der Waals surface area contributed by atoms with E-state index in [2.05, 4.69) is 0 Å². The van der Waals surface area contributed by atoms with Gasteiger partial charge in [-0.2, -0.15) is 13.2 Å². The van der Waals surface area contributed by atoms with E-state index in [1.807, 2.05) is 19.9 Å². The minimum atomic E-state index is -4.42. The molecular weight excluding hydrogens is 503 g/mol. The van der Waals surface area contributed by atoms with Crippen LogP contribution < -0.4 is 4.31 Å². The Morgan fingerprint density at radius 3 is 2.35 bits per heavy atom. The molecular formula is C28H26F3NO4S. The normalized spacial score (nSPS) is 18.5. The lowest BCUT2D eigenvalue weighted by atomic mass is 9.85. The standard InChI is InChI=1S/C28H26F3NO4S/c1-27(2)16-32(37(35,36)22-11-7-18-3-4-20(14-26(33)34)23(18)15-22)25-12-8-19(13-24(25)27)17-5-9-21(10-6-17)28(29,30)31/h5-13,15,20H,3-4,14,16H2,1-2H3,(H,33,34). The fraction of sp³-hybridized carbons (Fsp3) is 0.321.